The summed E-state index contributed by atoms with van der Waals surface area (Å²) >= 11 is 0. The van der Waals surface area contributed by atoms with Gasteiger partial charge < -0.3 is 14.9 Å². The van der Waals surface area contributed by atoms with E-state index >= 15 is 0 Å². The Morgan fingerprint density at radius 2 is 1.04 bits per heavy atom. The fraction of sp³-hybridized carbons (Fsp3) is 0.136. The van der Waals surface area contributed by atoms with Crippen molar-refractivity contribution in [2.24, 2.45) is 5.92 Å². The summed E-state index contributed by atoms with van der Waals surface area (Å²) in [6.07, 6.45) is -2.41. The van der Waals surface area contributed by atoms with Gasteiger partial charge in [-0.3, -0.25) is 4.79 Å². The number of rotatable bonds is 6. The number of carbonyl (C=O) groups excluding carboxylic acids is 1. The lowest BCUT2D eigenvalue weighted by Crippen LogP contribution is -2.32. The van der Waals surface area contributed by atoms with Crippen LogP contribution in [0.3, 0.4) is 0 Å². The second-order valence-electron chi connectivity index (χ2n) is 5.97. The fourth-order valence-electron chi connectivity index (χ4n) is 2.82. The largest absolute Gasteiger partial charge is 0.426 e. The lowest BCUT2D eigenvalue weighted by Gasteiger charge is -2.26. The van der Waals surface area contributed by atoms with E-state index < -0.39 is 24.1 Å². The van der Waals surface area contributed by atoms with E-state index in [4.69, 9.17) is 4.74 Å². The Balaban J connectivity index is 1.91. The number of ether oxygens (including phenoxy) is 1. The number of esters is 1. The molecule has 0 aliphatic rings. The Hall–Kier alpha value is -2.95. The van der Waals surface area contributed by atoms with Gasteiger partial charge in [0, 0.05) is 0 Å². The Bertz CT molecular complexity index is 773. The third-order valence-electron chi connectivity index (χ3n) is 4.20. The van der Waals surface area contributed by atoms with Crippen LogP contribution in [0, 0.1) is 5.92 Å². The summed E-state index contributed by atoms with van der Waals surface area (Å²) in [6, 6.07) is 26.2. The van der Waals surface area contributed by atoms with Gasteiger partial charge in [0.25, 0.3) is 0 Å². The molecule has 2 N–H and O–H groups in total. The number of para-hydroxylation sites is 1. The zero-order chi connectivity index (χ0) is 18.4. The molecule has 2 unspecified atom stereocenters. The Morgan fingerprint density at radius 3 is 1.46 bits per heavy atom. The van der Waals surface area contributed by atoms with Crippen LogP contribution >= 0.6 is 0 Å². The first-order valence-corrected chi connectivity index (χ1v) is 8.39. The zero-order valence-electron chi connectivity index (χ0n) is 14.1. The molecule has 0 fully saturated rings. The highest BCUT2D eigenvalue weighted by atomic mass is 16.5. The van der Waals surface area contributed by atoms with Gasteiger partial charge in [-0.1, -0.05) is 78.9 Å². The molecule has 0 aliphatic heterocycles. The maximum atomic E-state index is 12.8. The minimum atomic E-state index is -1.21. The van der Waals surface area contributed by atoms with E-state index in [0.717, 1.165) is 0 Å². The highest BCUT2D eigenvalue weighted by molar-refractivity contribution is 5.77. The van der Waals surface area contributed by atoms with Gasteiger partial charge in [-0.15, -0.1) is 0 Å². The molecule has 0 saturated heterocycles. The molecule has 0 radical (unpaired) electrons. The van der Waals surface area contributed by atoms with Gasteiger partial charge in [0.2, 0.25) is 0 Å². The topological polar surface area (TPSA) is 66.8 Å². The number of carbonyl (C=O) groups is 1. The van der Waals surface area contributed by atoms with Crippen LogP contribution in [0.5, 0.6) is 5.75 Å². The van der Waals surface area contributed by atoms with Crippen LogP contribution in [0.15, 0.2) is 91.0 Å². The van der Waals surface area contributed by atoms with E-state index in [2.05, 4.69) is 0 Å². The van der Waals surface area contributed by atoms with Crippen LogP contribution in [0.4, 0.5) is 0 Å². The number of aliphatic hydroxyl groups is 2. The zero-order valence-corrected chi connectivity index (χ0v) is 14.1. The van der Waals surface area contributed by atoms with Crippen molar-refractivity contribution >= 4 is 5.97 Å². The normalized spacial score (nSPS) is 14.2. The van der Waals surface area contributed by atoms with Crippen molar-refractivity contribution in [3.63, 3.8) is 0 Å². The summed E-state index contributed by atoms with van der Waals surface area (Å²) < 4.78 is 5.40. The molecule has 0 amide bonds. The predicted molar refractivity (Wildman–Crippen MR) is 98.4 cm³/mol. The molecule has 132 valence electrons. The van der Waals surface area contributed by atoms with Crippen molar-refractivity contribution in [3.8, 4) is 5.75 Å². The van der Waals surface area contributed by atoms with Crippen molar-refractivity contribution in [2.75, 3.05) is 0 Å². The monoisotopic (exact) mass is 348 g/mol. The van der Waals surface area contributed by atoms with Gasteiger partial charge in [0.15, 0.2) is 0 Å². The Kier molecular flexibility index (Phi) is 5.79. The van der Waals surface area contributed by atoms with Gasteiger partial charge in [-0.05, 0) is 23.3 Å². The lowest BCUT2D eigenvalue weighted by molar-refractivity contribution is -0.149. The fourth-order valence-corrected chi connectivity index (χ4v) is 2.82. The average molecular weight is 348 g/mol. The lowest BCUT2D eigenvalue weighted by atomic mass is 9.87. The molecule has 0 heterocycles. The molecule has 4 heteroatoms. The number of aliphatic hydroxyl groups excluding tert-OH is 2. The summed E-state index contributed by atoms with van der Waals surface area (Å²) in [7, 11) is 0. The van der Waals surface area contributed by atoms with Crippen LogP contribution in [0.2, 0.25) is 0 Å². The number of benzene rings is 3. The van der Waals surface area contributed by atoms with E-state index in [9.17, 15) is 15.0 Å². The molecule has 4 nitrogen and oxygen atoms in total. The first-order chi connectivity index (χ1) is 12.7. The van der Waals surface area contributed by atoms with Crippen molar-refractivity contribution in [2.45, 2.75) is 12.2 Å². The first kappa shape index (κ1) is 17.9. The summed E-state index contributed by atoms with van der Waals surface area (Å²) in [5.74, 6) is -1.49. The van der Waals surface area contributed by atoms with Gasteiger partial charge in [0.1, 0.15) is 11.7 Å². The summed E-state index contributed by atoms with van der Waals surface area (Å²) in [5, 5.41) is 21.6. The van der Waals surface area contributed by atoms with Crippen LogP contribution in [-0.2, 0) is 4.79 Å². The van der Waals surface area contributed by atoms with E-state index in [1.165, 1.54) is 0 Å². The predicted octanol–water partition coefficient (Wildman–Crippen LogP) is 3.68. The molecule has 26 heavy (non-hydrogen) atoms. The van der Waals surface area contributed by atoms with Crippen molar-refractivity contribution in [3.05, 3.63) is 102 Å². The van der Waals surface area contributed by atoms with Gasteiger partial charge >= 0.3 is 5.97 Å². The van der Waals surface area contributed by atoms with Gasteiger partial charge in [-0.25, -0.2) is 0 Å². The maximum absolute atomic E-state index is 12.8. The molecule has 0 bridgehead atoms. The highest BCUT2D eigenvalue weighted by Crippen LogP contribution is 2.34. The maximum Gasteiger partial charge on any atom is 0.320 e. The Morgan fingerprint density at radius 1 is 0.654 bits per heavy atom. The van der Waals surface area contributed by atoms with E-state index in [1.807, 2.05) is 18.2 Å². The molecule has 0 aromatic heterocycles. The average Bonchev–Trinajstić information content (AvgIpc) is 2.70. The second kappa shape index (κ2) is 8.43. The minimum Gasteiger partial charge on any atom is -0.426 e. The minimum absolute atomic E-state index is 0.364. The molecule has 3 aromatic carbocycles. The quantitative estimate of drug-likeness (QED) is 0.527. The van der Waals surface area contributed by atoms with Crippen LogP contribution < -0.4 is 4.74 Å². The van der Waals surface area contributed by atoms with Crippen LogP contribution in [-0.4, -0.2) is 16.2 Å². The third-order valence-corrected chi connectivity index (χ3v) is 4.20. The summed E-state index contributed by atoms with van der Waals surface area (Å²) in [6.45, 7) is 0. The standard InChI is InChI=1S/C22H20O4/c23-20(16-10-4-1-5-11-16)19(21(24)17-12-6-2-7-13-17)22(25)26-18-14-8-3-9-15-18/h1-15,19-21,23-24H. The summed E-state index contributed by atoms with van der Waals surface area (Å²) in [4.78, 5) is 12.8. The van der Waals surface area contributed by atoms with Crippen molar-refractivity contribution in [1.29, 1.82) is 0 Å². The van der Waals surface area contributed by atoms with E-state index in [-0.39, 0.29) is 0 Å². The van der Waals surface area contributed by atoms with Gasteiger partial charge in [-0.2, -0.15) is 0 Å². The molecule has 3 aromatic rings. The smallest absolute Gasteiger partial charge is 0.320 e. The molecule has 0 saturated carbocycles. The molecular weight excluding hydrogens is 328 g/mol. The van der Waals surface area contributed by atoms with Crippen molar-refractivity contribution in [1.82, 2.24) is 0 Å². The number of hydrogen-bond acceptors (Lipinski definition) is 4. The third kappa shape index (κ3) is 4.17. The molecule has 0 aliphatic carbocycles. The van der Waals surface area contributed by atoms with Crippen LogP contribution in [0.25, 0.3) is 0 Å². The van der Waals surface area contributed by atoms with E-state index in [1.54, 1.807) is 72.8 Å². The molecule has 3 rings (SSSR count). The molecule has 2 atom stereocenters. The van der Waals surface area contributed by atoms with Crippen molar-refractivity contribution < 1.29 is 19.7 Å². The highest BCUT2D eigenvalue weighted by Gasteiger charge is 2.37. The Labute approximate surface area is 152 Å². The SMILES string of the molecule is O=C(Oc1ccccc1)C(C(O)c1ccccc1)C(O)c1ccccc1. The first-order valence-electron chi connectivity index (χ1n) is 8.39. The second-order valence-corrected chi connectivity index (χ2v) is 5.97. The van der Waals surface area contributed by atoms with Gasteiger partial charge in [0.05, 0.1) is 12.2 Å². The summed E-state index contributed by atoms with van der Waals surface area (Å²) in [5.41, 5.74) is 1.08. The van der Waals surface area contributed by atoms with E-state index in [0.29, 0.717) is 16.9 Å². The molecular formula is C22H20O4. The molecule has 0 spiro atoms. The number of hydrogen-bond donors (Lipinski definition) is 2. The van der Waals surface area contributed by atoms with Crippen LogP contribution in [0.1, 0.15) is 23.3 Å².